The van der Waals surface area contributed by atoms with E-state index in [0.29, 0.717) is 19.5 Å². The zero-order valence-corrected chi connectivity index (χ0v) is 26.3. The first-order valence-electron chi connectivity index (χ1n) is 15.4. The molecule has 232 valence electrons. The summed E-state index contributed by atoms with van der Waals surface area (Å²) in [5, 5.41) is 25.9. The number of methoxy groups -OCH3 is 1. The van der Waals surface area contributed by atoms with Gasteiger partial charge in [-0.1, -0.05) is 41.0 Å². The molecule has 0 spiro atoms. The predicted molar refractivity (Wildman–Crippen MR) is 156 cm³/mol. The first kappa shape index (κ1) is 33.2. The van der Waals surface area contributed by atoms with Crippen molar-refractivity contribution in [3.8, 4) is 0 Å². The number of carbonyl (C=O) groups is 2. The van der Waals surface area contributed by atoms with Crippen LogP contribution in [0.25, 0.3) is 0 Å². The lowest BCUT2D eigenvalue weighted by atomic mass is 9.84. The summed E-state index contributed by atoms with van der Waals surface area (Å²) in [5.41, 5.74) is -0.397. The molecule has 1 amide bonds. The van der Waals surface area contributed by atoms with Crippen LogP contribution in [0.3, 0.4) is 0 Å². The van der Waals surface area contributed by atoms with Gasteiger partial charge in [-0.05, 0) is 70.0 Å². The third-order valence-corrected chi connectivity index (χ3v) is 9.54. The Balaban J connectivity index is 1.73. The summed E-state index contributed by atoms with van der Waals surface area (Å²) in [6.07, 6.45) is 4.96. The standard InChI is InChI=1S/C30H57N5O5/c1-20(2)24(19-34-17-11-14-22(34)27(37)35-18-12-15-23(35)29(39)40-8)33(7)28(38)25(30(3,4)5)31-26(36)21-13-9-10-16-32(21)6/h20-27,31,36-37H,9-19H2,1-8H3/t21?,22?,23-,24+,25?,26+,27?/m0/s1. The van der Waals surface area contributed by atoms with Crippen molar-refractivity contribution in [3.05, 3.63) is 0 Å². The summed E-state index contributed by atoms with van der Waals surface area (Å²) in [7, 11) is 5.32. The number of nitrogens with one attached hydrogen (secondary N) is 1. The molecule has 10 heteroatoms. The second-order valence-corrected chi connectivity index (χ2v) is 13.8. The monoisotopic (exact) mass is 567 g/mol. The van der Waals surface area contributed by atoms with Crippen molar-refractivity contribution in [2.75, 3.05) is 47.4 Å². The number of carbonyl (C=O) groups excluding carboxylic acids is 2. The van der Waals surface area contributed by atoms with E-state index in [1.807, 2.05) is 44.7 Å². The molecule has 4 unspecified atom stereocenters. The highest BCUT2D eigenvalue weighted by molar-refractivity contribution is 5.83. The molecule has 0 aromatic carbocycles. The van der Waals surface area contributed by atoms with Crippen LogP contribution >= 0.6 is 0 Å². The predicted octanol–water partition coefficient (Wildman–Crippen LogP) is 1.70. The Bertz CT molecular complexity index is 836. The van der Waals surface area contributed by atoms with Crippen molar-refractivity contribution < 1.29 is 24.5 Å². The van der Waals surface area contributed by atoms with Gasteiger partial charge >= 0.3 is 5.97 Å². The van der Waals surface area contributed by atoms with Crippen LogP contribution in [0, 0.1) is 11.3 Å². The number of piperidine rings is 1. The van der Waals surface area contributed by atoms with Crippen LogP contribution in [0.4, 0.5) is 0 Å². The van der Waals surface area contributed by atoms with Crippen LogP contribution in [0.5, 0.6) is 0 Å². The number of aliphatic hydroxyl groups is 2. The SMILES string of the molecule is COC(=O)[C@@H]1CCCN1C(O)C1CCCN1C[C@H](C(C)C)N(C)C(=O)C(N[C@H](O)C1CCCCN1C)C(C)(C)C. The molecule has 3 N–H and O–H groups in total. The van der Waals surface area contributed by atoms with E-state index in [1.165, 1.54) is 7.11 Å². The van der Waals surface area contributed by atoms with Crippen LogP contribution < -0.4 is 5.32 Å². The number of likely N-dealkylation sites (tertiary alicyclic amines) is 3. The van der Waals surface area contributed by atoms with Gasteiger partial charge < -0.3 is 19.8 Å². The van der Waals surface area contributed by atoms with Crippen molar-refractivity contribution in [3.63, 3.8) is 0 Å². The van der Waals surface area contributed by atoms with E-state index in [-0.39, 0.29) is 35.9 Å². The fourth-order valence-electron chi connectivity index (χ4n) is 6.99. The fraction of sp³-hybridized carbons (Fsp3) is 0.933. The molecule has 0 aromatic heterocycles. The molecule has 3 aliphatic heterocycles. The fourth-order valence-corrected chi connectivity index (χ4v) is 6.99. The first-order chi connectivity index (χ1) is 18.8. The van der Waals surface area contributed by atoms with Crippen molar-refractivity contribution in [2.24, 2.45) is 11.3 Å². The minimum absolute atomic E-state index is 0.0103. The van der Waals surface area contributed by atoms with Gasteiger partial charge in [0.15, 0.2) is 0 Å². The van der Waals surface area contributed by atoms with Gasteiger partial charge in [0.1, 0.15) is 18.5 Å². The Morgan fingerprint density at radius 1 is 1.00 bits per heavy atom. The van der Waals surface area contributed by atoms with Crippen molar-refractivity contribution in [2.45, 2.75) is 122 Å². The van der Waals surface area contributed by atoms with E-state index in [9.17, 15) is 19.8 Å². The van der Waals surface area contributed by atoms with Crippen LogP contribution in [-0.4, -0.2) is 132 Å². The molecular formula is C30H57N5O5. The maximum absolute atomic E-state index is 14.1. The Hall–Kier alpha value is -1.30. The Morgan fingerprint density at radius 2 is 1.65 bits per heavy atom. The average Bonchev–Trinajstić information content (AvgIpc) is 3.58. The quantitative estimate of drug-likeness (QED) is 0.254. The van der Waals surface area contributed by atoms with Crippen molar-refractivity contribution >= 4 is 11.9 Å². The average molecular weight is 568 g/mol. The number of amides is 1. The van der Waals surface area contributed by atoms with Gasteiger partial charge in [0.2, 0.25) is 5.91 Å². The lowest BCUT2D eigenvalue weighted by Gasteiger charge is -2.43. The number of hydrogen-bond donors (Lipinski definition) is 3. The molecular weight excluding hydrogens is 510 g/mol. The number of hydrogen-bond acceptors (Lipinski definition) is 9. The molecule has 3 heterocycles. The molecule has 3 aliphatic rings. The zero-order valence-electron chi connectivity index (χ0n) is 26.3. The molecule has 3 saturated heterocycles. The molecule has 0 radical (unpaired) electrons. The molecule has 3 fully saturated rings. The minimum atomic E-state index is -0.786. The topological polar surface area (TPSA) is 109 Å². The van der Waals surface area contributed by atoms with Gasteiger partial charge in [0.25, 0.3) is 0 Å². The van der Waals surface area contributed by atoms with E-state index in [1.54, 1.807) is 0 Å². The Labute approximate surface area is 242 Å². The molecule has 10 nitrogen and oxygen atoms in total. The summed E-state index contributed by atoms with van der Waals surface area (Å²) in [5.74, 6) is -0.115. The summed E-state index contributed by atoms with van der Waals surface area (Å²) in [4.78, 5) is 34.7. The van der Waals surface area contributed by atoms with E-state index >= 15 is 0 Å². The van der Waals surface area contributed by atoms with Crippen molar-refractivity contribution in [1.82, 2.24) is 24.9 Å². The molecule has 3 rings (SSSR count). The number of rotatable bonds is 11. The lowest BCUT2D eigenvalue weighted by molar-refractivity contribution is -0.152. The maximum Gasteiger partial charge on any atom is 0.323 e. The van der Waals surface area contributed by atoms with Gasteiger partial charge in [-0.2, -0.15) is 0 Å². The summed E-state index contributed by atoms with van der Waals surface area (Å²) < 4.78 is 5.00. The van der Waals surface area contributed by atoms with Crippen LogP contribution in [0.2, 0.25) is 0 Å². The number of esters is 1. The number of aliphatic hydroxyl groups excluding tert-OH is 2. The summed E-state index contributed by atoms with van der Waals surface area (Å²) in [6, 6.07) is -1.13. The number of likely N-dealkylation sites (N-methyl/N-ethyl adjacent to an activating group) is 2. The third-order valence-electron chi connectivity index (χ3n) is 9.54. The van der Waals surface area contributed by atoms with Gasteiger partial charge in [-0.3, -0.25) is 29.6 Å². The second-order valence-electron chi connectivity index (χ2n) is 13.8. The first-order valence-corrected chi connectivity index (χ1v) is 15.4. The summed E-state index contributed by atoms with van der Waals surface area (Å²) in [6.45, 7) is 13.5. The van der Waals surface area contributed by atoms with Gasteiger partial charge in [-0.25, -0.2) is 0 Å². The van der Waals surface area contributed by atoms with E-state index < -0.39 is 30.0 Å². The van der Waals surface area contributed by atoms with Gasteiger partial charge in [0, 0.05) is 38.3 Å². The highest BCUT2D eigenvalue weighted by atomic mass is 16.5. The van der Waals surface area contributed by atoms with Crippen LogP contribution in [-0.2, 0) is 14.3 Å². The summed E-state index contributed by atoms with van der Waals surface area (Å²) >= 11 is 0. The van der Waals surface area contributed by atoms with Crippen molar-refractivity contribution in [1.29, 1.82) is 0 Å². The van der Waals surface area contributed by atoms with E-state index in [0.717, 1.165) is 51.6 Å². The second kappa shape index (κ2) is 14.2. The molecule has 0 bridgehead atoms. The molecule has 7 atom stereocenters. The Kier molecular flexibility index (Phi) is 11.8. The highest BCUT2D eigenvalue weighted by Gasteiger charge is 2.44. The minimum Gasteiger partial charge on any atom is -0.468 e. The van der Waals surface area contributed by atoms with Gasteiger partial charge in [-0.15, -0.1) is 0 Å². The third kappa shape index (κ3) is 7.75. The van der Waals surface area contributed by atoms with Gasteiger partial charge in [0.05, 0.1) is 13.2 Å². The van der Waals surface area contributed by atoms with E-state index in [2.05, 4.69) is 29.0 Å². The smallest absolute Gasteiger partial charge is 0.323 e. The zero-order chi connectivity index (χ0) is 29.8. The molecule has 0 aliphatic carbocycles. The van der Waals surface area contributed by atoms with E-state index in [4.69, 9.17) is 4.74 Å². The molecule has 0 saturated carbocycles. The normalized spacial score (nSPS) is 28.4. The Morgan fingerprint density at radius 3 is 2.25 bits per heavy atom. The molecule has 0 aromatic rings. The lowest BCUT2D eigenvalue weighted by Crippen LogP contribution is -2.62. The highest BCUT2D eigenvalue weighted by Crippen LogP contribution is 2.30. The number of ether oxygens (including phenoxy) is 1. The van der Waals surface area contributed by atoms with Crippen LogP contribution in [0.1, 0.15) is 79.6 Å². The number of nitrogens with zero attached hydrogens (tertiary/aromatic N) is 4. The molecule has 40 heavy (non-hydrogen) atoms. The maximum atomic E-state index is 14.1. The van der Waals surface area contributed by atoms with Crippen LogP contribution in [0.15, 0.2) is 0 Å². The largest absolute Gasteiger partial charge is 0.468 e.